The molecule has 2 unspecified atom stereocenters. The number of carbonyl (C=O) groups is 2. The van der Waals surface area contributed by atoms with Crippen LogP contribution in [0.1, 0.15) is 6.92 Å². The van der Waals surface area contributed by atoms with Gasteiger partial charge in [-0.05, 0) is 6.07 Å². The van der Waals surface area contributed by atoms with E-state index < -0.39 is 30.3 Å². The monoisotopic (exact) mass is 422 g/mol. The van der Waals surface area contributed by atoms with Crippen molar-refractivity contribution in [3.8, 4) is 0 Å². The van der Waals surface area contributed by atoms with Gasteiger partial charge in [0.25, 0.3) is 0 Å². The van der Waals surface area contributed by atoms with Crippen molar-refractivity contribution in [1.82, 2.24) is 20.5 Å². The van der Waals surface area contributed by atoms with Crippen LogP contribution in [0.3, 0.4) is 0 Å². The molecule has 30 heavy (non-hydrogen) atoms. The summed E-state index contributed by atoms with van der Waals surface area (Å²) in [5.41, 5.74) is 7.00. The number of amides is 2. The number of rotatable bonds is 6. The third-order valence-electron chi connectivity index (χ3n) is 5.39. The molecule has 2 amide bonds. The van der Waals surface area contributed by atoms with Gasteiger partial charge >= 0.3 is 0 Å². The van der Waals surface area contributed by atoms with Crippen molar-refractivity contribution in [3.05, 3.63) is 23.4 Å². The fourth-order valence-corrected chi connectivity index (χ4v) is 3.71. The summed E-state index contributed by atoms with van der Waals surface area (Å²) in [5, 5.41) is 11.3. The molecule has 2 saturated heterocycles. The van der Waals surface area contributed by atoms with Gasteiger partial charge in [-0.25, -0.2) is 4.39 Å². The van der Waals surface area contributed by atoms with Crippen LogP contribution >= 0.6 is 0 Å². The molecular formula is C18H27FN8O3. The molecule has 1 aromatic rings. The number of aromatic nitrogens is 1. The van der Waals surface area contributed by atoms with E-state index in [0.29, 0.717) is 31.9 Å². The Bertz CT molecular complexity index is 766. The van der Waals surface area contributed by atoms with E-state index in [1.54, 1.807) is 17.2 Å². The average Bonchev–Trinajstić information content (AvgIpc) is 2.75. The smallest absolute Gasteiger partial charge is 0.234 e. The van der Waals surface area contributed by atoms with E-state index in [0.717, 1.165) is 5.69 Å². The first-order valence-corrected chi connectivity index (χ1v) is 9.85. The minimum absolute atomic E-state index is 0.0269. The van der Waals surface area contributed by atoms with Crippen molar-refractivity contribution in [2.24, 2.45) is 16.8 Å². The van der Waals surface area contributed by atoms with Gasteiger partial charge in [0.15, 0.2) is 6.17 Å². The maximum absolute atomic E-state index is 13.4. The highest BCUT2D eigenvalue weighted by Crippen LogP contribution is 2.27. The summed E-state index contributed by atoms with van der Waals surface area (Å²) >= 11 is 0. The van der Waals surface area contributed by atoms with Crippen LogP contribution in [0.4, 0.5) is 15.8 Å². The summed E-state index contributed by atoms with van der Waals surface area (Å²) in [4.78, 5) is 43.5. The fraction of sp³-hybridized carbons (Fsp3) is 0.611. The van der Waals surface area contributed by atoms with Crippen LogP contribution in [-0.4, -0.2) is 79.5 Å². The molecule has 3 rings (SSSR count). The van der Waals surface area contributed by atoms with Crippen LogP contribution < -0.4 is 26.6 Å². The van der Waals surface area contributed by atoms with E-state index in [-0.39, 0.29) is 19.0 Å². The molecule has 12 heteroatoms. The first-order chi connectivity index (χ1) is 14.4. The first kappa shape index (κ1) is 22.0. The quantitative estimate of drug-likeness (QED) is 0.437. The predicted molar refractivity (Wildman–Crippen MR) is 109 cm³/mol. The molecule has 3 heterocycles. The molecule has 0 radical (unpaired) electrons. The largest absolute Gasteiger partial charge is 0.366 e. The normalized spacial score (nSPS) is 24.1. The van der Waals surface area contributed by atoms with Gasteiger partial charge in [-0.1, -0.05) is 5.18 Å². The summed E-state index contributed by atoms with van der Waals surface area (Å²) in [6.07, 6.45) is 0.0312. The van der Waals surface area contributed by atoms with Gasteiger partial charge in [0.05, 0.1) is 23.7 Å². The molecule has 0 bridgehead atoms. The van der Waals surface area contributed by atoms with Gasteiger partial charge in [-0.2, -0.15) is 0 Å². The fourth-order valence-electron chi connectivity index (χ4n) is 3.71. The van der Waals surface area contributed by atoms with Crippen molar-refractivity contribution in [3.63, 3.8) is 0 Å². The molecular weight excluding hydrogens is 395 g/mol. The summed E-state index contributed by atoms with van der Waals surface area (Å²) in [6, 6.07) is 1.77. The lowest BCUT2D eigenvalue weighted by molar-refractivity contribution is -0.129. The lowest BCUT2D eigenvalue weighted by Gasteiger charge is -2.37. The molecule has 0 aliphatic carbocycles. The van der Waals surface area contributed by atoms with Crippen molar-refractivity contribution < 1.29 is 14.0 Å². The van der Waals surface area contributed by atoms with E-state index in [2.05, 4.69) is 31.0 Å². The Morgan fingerprint density at radius 3 is 2.57 bits per heavy atom. The number of nitrogens with one attached hydrogen (secondary N) is 3. The average molecular weight is 422 g/mol. The zero-order chi connectivity index (χ0) is 21.7. The number of anilines is 2. The Morgan fingerprint density at radius 1 is 1.30 bits per heavy atom. The van der Waals surface area contributed by atoms with E-state index >= 15 is 0 Å². The van der Waals surface area contributed by atoms with Gasteiger partial charge < -0.3 is 20.9 Å². The highest BCUT2D eigenvalue weighted by Gasteiger charge is 2.37. The van der Waals surface area contributed by atoms with Crippen LogP contribution in [0.2, 0.25) is 0 Å². The Labute approximate surface area is 173 Å². The van der Waals surface area contributed by atoms with E-state index in [1.807, 2.05) is 0 Å². The molecule has 2 fully saturated rings. The number of nitrogens with two attached hydrogens (primary N) is 1. The SMILES string of the molecule is CC(=O)N1CCN(c2ccncc2NC(=O)C(C(N)N=O)C2NCC(F)CN2)CC1. The lowest BCUT2D eigenvalue weighted by atomic mass is 9.99. The van der Waals surface area contributed by atoms with E-state index in [4.69, 9.17) is 5.73 Å². The highest BCUT2D eigenvalue weighted by atomic mass is 19.1. The molecule has 164 valence electrons. The number of hydrogen-bond donors (Lipinski definition) is 4. The van der Waals surface area contributed by atoms with Gasteiger partial charge in [0, 0.05) is 52.4 Å². The van der Waals surface area contributed by atoms with Crippen molar-refractivity contribution in [2.75, 3.05) is 49.5 Å². The van der Waals surface area contributed by atoms with Crippen LogP contribution in [0.25, 0.3) is 0 Å². The molecule has 0 spiro atoms. The number of hydrogen-bond acceptors (Lipinski definition) is 9. The molecule has 0 saturated carbocycles. The molecule has 0 aromatic carbocycles. The summed E-state index contributed by atoms with van der Waals surface area (Å²) in [6.45, 7) is 4.00. The van der Waals surface area contributed by atoms with Crippen LogP contribution in [0.5, 0.6) is 0 Å². The number of alkyl halides is 1. The predicted octanol–water partition coefficient (Wildman–Crippen LogP) is -0.787. The van der Waals surface area contributed by atoms with E-state index in [1.165, 1.54) is 13.1 Å². The number of nitroso groups, excluding NO2 is 1. The number of nitrogens with zero attached hydrogens (tertiary/aromatic N) is 4. The molecule has 5 N–H and O–H groups in total. The molecule has 2 aliphatic heterocycles. The van der Waals surface area contributed by atoms with Crippen molar-refractivity contribution >= 4 is 23.2 Å². The third kappa shape index (κ3) is 5.07. The van der Waals surface area contributed by atoms with Crippen LogP contribution in [0, 0.1) is 10.8 Å². The van der Waals surface area contributed by atoms with Gasteiger partial charge in [0.1, 0.15) is 12.1 Å². The maximum Gasteiger partial charge on any atom is 0.234 e. The second kappa shape index (κ2) is 9.87. The van der Waals surface area contributed by atoms with Gasteiger partial charge in [0.2, 0.25) is 11.8 Å². The minimum Gasteiger partial charge on any atom is -0.366 e. The molecule has 2 atom stereocenters. The zero-order valence-electron chi connectivity index (χ0n) is 16.8. The maximum atomic E-state index is 13.4. The molecule has 11 nitrogen and oxygen atoms in total. The zero-order valence-corrected chi connectivity index (χ0v) is 16.8. The molecule has 2 aliphatic rings. The highest BCUT2D eigenvalue weighted by molar-refractivity contribution is 5.96. The van der Waals surface area contributed by atoms with Crippen LogP contribution in [-0.2, 0) is 9.59 Å². The van der Waals surface area contributed by atoms with Crippen molar-refractivity contribution in [2.45, 2.75) is 25.4 Å². The Balaban J connectivity index is 1.74. The second-order valence-electron chi connectivity index (χ2n) is 7.39. The van der Waals surface area contributed by atoms with Crippen LogP contribution in [0.15, 0.2) is 23.6 Å². The number of piperazine rings is 1. The third-order valence-corrected chi connectivity index (χ3v) is 5.39. The second-order valence-corrected chi connectivity index (χ2v) is 7.39. The Hall–Kier alpha value is -2.70. The van der Waals surface area contributed by atoms with Crippen molar-refractivity contribution in [1.29, 1.82) is 0 Å². The number of halogens is 1. The van der Waals surface area contributed by atoms with E-state index in [9.17, 15) is 18.9 Å². The Kier molecular flexibility index (Phi) is 7.24. The Morgan fingerprint density at radius 2 is 1.97 bits per heavy atom. The van der Waals surface area contributed by atoms with Gasteiger partial charge in [-0.3, -0.25) is 25.2 Å². The van der Waals surface area contributed by atoms with Gasteiger partial charge in [-0.15, -0.1) is 4.91 Å². The topological polar surface area (TPSA) is 145 Å². The lowest BCUT2D eigenvalue weighted by Crippen LogP contribution is -2.62. The number of pyridine rings is 1. The minimum atomic E-state index is -1.31. The summed E-state index contributed by atoms with van der Waals surface area (Å²) in [7, 11) is 0. The molecule has 1 aromatic heterocycles. The number of carbonyl (C=O) groups excluding carboxylic acids is 2. The first-order valence-electron chi connectivity index (χ1n) is 9.85. The summed E-state index contributed by atoms with van der Waals surface area (Å²) < 4.78 is 13.4. The summed E-state index contributed by atoms with van der Waals surface area (Å²) in [5.74, 6) is -1.54. The standard InChI is InChI=1S/C18H27FN8O3/c1-11(28)26-4-6-27(7-5-26)14-2-3-21-10-13(14)24-18(29)15(16(20)25-30)17-22-8-12(19)9-23-17/h2-3,10,12,15-17,22-23H,4-9,20H2,1H3,(H,24,29).